The lowest BCUT2D eigenvalue weighted by Gasteiger charge is -2.05. The number of para-hydroxylation sites is 1. The molecule has 4 aromatic rings. The fourth-order valence-electron chi connectivity index (χ4n) is 3.77. The van der Waals surface area contributed by atoms with E-state index in [0.717, 1.165) is 44.4 Å². The molecule has 4 heteroatoms. The summed E-state index contributed by atoms with van der Waals surface area (Å²) in [4.78, 5) is 15.5. The molecule has 28 heavy (non-hydrogen) atoms. The fraction of sp³-hybridized carbons (Fsp3) is 0.0417. The summed E-state index contributed by atoms with van der Waals surface area (Å²) < 4.78 is 0. The summed E-state index contributed by atoms with van der Waals surface area (Å²) in [6, 6.07) is 23.4. The Kier molecular flexibility index (Phi) is 3.59. The number of aromatic nitrogens is 1. The number of benzene rings is 3. The molecule has 134 valence electrons. The average Bonchev–Trinajstić information content (AvgIpc) is 2.99. The van der Waals surface area contributed by atoms with Crippen molar-refractivity contribution in [1.82, 2.24) is 4.98 Å². The molecule has 0 radical (unpaired) electrons. The van der Waals surface area contributed by atoms with Crippen LogP contribution >= 0.6 is 0 Å². The maximum Gasteiger partial charge on any atom is 0.269 e. The van der Waals surface area contributed by atoms with Gasteiger partial charge in [-0.05, 0) is 54.0 Å². The third kappa shape index (κ3) is 2.58. The molecule has 0 fully saturated rings. The Labute approximate surface area is 161 Å². The fourth-order valence-corrected chi connectivity index (χ4v) is 3.77. The minimum Gasteiger partial charge on any atom is -0.258 e. The van der Waals surface area contributed by atoms with Crippen LogP contribution < -0.4 is 0 Å². The molecule has 1 aliphatic rings. The van der Waals surface area contributed by atoms with Crippen LogP contribution in [0.5, 0.6) is 0 Å². The Bertz CT molecular complexity index is 1290. The second-order valence-electron chi connectivity index (χ2n) is 7.03. The monoisotopic (exact) mass is 364 g/mol. The quantitative estimate of drug-likeness (QED) is 0.284. The van der Waals surface area contributed by atoms with Crippen molar-refractivity contribution in [2.24, 2.45) is 0 Å². The first-order chi connectivity index (χ1) is 13.6. The highest BCUT2D eigenvalue weighted by Gasteiger charge is 2.25. The van der Waals surface area contributed by atoms with Crippen LogP contribution in [0.1, 0.15) is 22.3 Å². The second kappa shape index (κ2) is 6.13. The number of nitro benzene ring substituents is 1. The molecular formula is C24H16N2O2. The van der Waals surface area contributed by atoms with E-state index in [9.17, 15) is 10.1 Å². The number of hydrogen-bond acceptors (Lipinski definition) is 3. The third-order valence-electron chi connectivity index (χ3n) is 5.15. The Morgan fingerprint density at radius 1 is 0.893 bits per heavy atom. The van der Waals surface area contributed by atoms with Crippen LogP contribution in [-0.2, 0) is 0 Å². The van der Waals surface area contributed by atoms with E-state index in [1.807, 2.05) is 18.2 Å². The molecule has 0 bridgehead atoms. The molecule has 0 N–H and O–H groups in total. The Balaban J connectivity index is 1.74. The Morgan fingerprint density at radius 2 is 1.68 bits per heavy atom. The van der Waals surface area contributed by atoms with Crippen molar-refractivity contribution in [1.29, 1.82) is 0 Å². The van der Waals surface area contributed by atoms with E-state index >= 15 is 0 Å². The maximum atomic E-state index is 10.9. The lowest BCUT2D eigenvalue weighted by Crippen LogP contribution is -1.88. The number of pyridine rings is 1. The van der Waals surface area contributed by atoms with Crippen molar-refractivity contribution in [2.75, 3.05) is 0 Å². The van der Waals surface area contributed by atoms with Gasteiger partial charge in [-0.3, -0.25) is 10.1 Å². The topological polar surface area (TPSA) is 56.0 Å². The molecule has 0 saturated carbocycles. The van der Waals surface area contributed by atoms with Crippen molar-refractivity contribution < 1.29 is 4.92 Å². The number of hydrogen-bond donors (Lipinski definition) is 0. The maximum absolute atomic E-state index is 10.9. The highest BCUT2D eigenvalue weighted by atomic mass is 16.6. The highest BCUT2D eigenvalue weighted by Crippen LogP contribution is 2.45. The predicted octanol–water partition coefficient (Wildman–Crippen LogP) is 6.02. The van der Waals surface area contributed by atoms with Gasteiger partial charge in [0.05, 0.1) is 16.1 Å². The van der Waals surface area contributed by atoms with Gasteiger partial charge in [0.15, 0.2) is 0 Å². The van der Waals surface area contributed by atoms with Crippen molar-refractivity contribution in [3.05, 3.63) is 105 Å². The number of rotatable bonds is 2. The summed E-state index contributed by atoms with van der Waals surface area (Å²) in [6.07, 6.45) is 2.09. The van der Waals surface area contributed by atoms with Crippen molar-refractivity contribution in [3.8, 4) is 11.3 Å². The van der Waals surface area contributed by atoms with Crippen LogP contribution in [0.3, 0.4) is 0 Å². The zero-order chi connectivity index (χ0) is 19.3. The lowest BCUT2D eigenvalue weighted by molar-refractivity contribution is -0.384. The summed E-state index contributed by atoms with van der Waals surface area (Å²) in [6.45, 7) is 2.08. The molecule has 0 amide bonds. The standard InChI is InChI=1S/C24H16N2O2/c1-15-6-11-19-20(12-15)21(13-16-7-9-18(10-8-16)26(27)28)22-14-17-4-2-3-5-23(17)25-24(19)22/h2-14H,1H3/b21-13-. The van der Waals surface area contributed by atoms with Crippen LogP contribution in [0.15, 0.2) is 72.8 Å². The van der Waals surface area contributed by atoms with E-state index in [4.69, 9.17) is 4.98 Å². The van der Waals surface area contributed by atoms with E-state index < -0.39 is 0 Å². The molecule has 4 nitrogen and oxygen atoms in total. The van der Waals surface area contributed by atoms with Crippen LogP contribution in [0.2, 0.25) is 0 Å². The van der Waals surface area contributed by atoms with E-state index in [2.05, 4.69) is 43.3 Å². The van der Waals surface area contributed by atoms with Crippen LogP contribution in [-0.4, -0.2) is 9.91 Å². The van der Waals surface area contributed by atoms with Crippen molar-refractivity contribution in [3.63, 3.8) is 0 Å². The molecule has 0 spiro atoms. The van der Waals surface area contributed by atoms with E-state index in [-0.39, 0.29) is 10.6 Å². The van der Waals surface area contributed by atoms with Crippen molar-refractivity contribution in [2.45, 2.75) is 6.92 Å². The van der Waals surface area contributed by atoms with Crippen molar-refractivity contribution >= 4 is 28.2 Å². The second-order valence-corrected chi connectivity index (χ2v) is 7.03. The van der Waals surface area contributed by atoms with Crippen LogP contribution in [0.25, 0.3) is 33.8 Å². The number of nitrogens with zero attached hydrogens (tertiary/aromatic N) is 2. The van der Waals surface area contributed by atoms with Gasteiger partial charge in [-0.2, -0.15) is 0 Å². The van der Waals surface area contributed by atoms with Gasteiger partial charge in [-0.15, -0.1) is 0 Å². The summed E-state index contributed by atoms with van der Waals surface area (Å²) in [5.74, 6) is 0. The smallest absolute Gasteiger partial charge is 0.258 e. The number of nitro groups is 1. The van der Waals surface area contributed by atoms with E-state index in [0.29, 0.717) is 0 Å². The lowest BCUT2D eigenvalue weighted by atomic mass is 9.99. The van der Waals surface area contributed by atoms with Crippen LogP contribution in [0.4, 0.5) is 5.69 Å². The number of aryl methyl sites for hydroxylation is 1. The molecule has 0 saturated heterocycles. The first-order valence-electron chi connectivity index (χ1n) is 9.08. The van der Waals surface area contributed by atoms with Gasteiger partial charge in [-0.25, -0.2) is 4.98 Å². The minimum absolute atomic E-state index is 0.0953. The molecule has 0 atom stereocenters. The molecule has 5 rings (SSSR count). The van der Waals surface area contributed by atoms with Gasteiger partial charge < -0.3 is 0 Å². The predicted molar refractivity (Wildman–Crippen MR) is 112 cm³/mol. The number of fused-ring (bicyclic) bond motifs is 4. The average molecular weight is 364 g/mol. The first-order valence-corrected chi connectivity index (χ1v) is 9.08. The summed E-state index contributed by atoms with van der Waals surface area (Å²) in [5.41, 5.74) is 8.64. The van der Waals surface area contributed by atoms with Gasteiger partial charge in [0.2, 0.25) is 0 Å². The van der Waals surface area contributed by atoms with Gasteiger partial charge in [0, 0.05) is 28.6 Å². The van der Waals surface area contributed by atoms with Gasteiger partial charge in [0.1, 0.15) is 0 Å². The first kappa shape index (κ1) is 16.4. The van der Waals surface area contributed by atoms with Gasteiger partial charge >= 0.3 is 0 Å². The SMILES string of the molecule is Cc1ccc2c(c1)/C(=C/c1ccc([N+](=O)[O-])cc1)c1cc3ccccc3nc1-2. The normalized spacial score (nSPS) is 13.5. The molecule has 0 unspecified atom stereocenters. The van der Waals surface area contributed by atoms with Gasteiger partial charge in [0.25, 0.3) is 5.69 Å². The minimum atomic E-state index is -0.378. The molecule has 3 aromatic carbocycles. The molecule has 1 aromatic heterocycles. The molecule has 0 aliphatic heterocycles. The zero-order valence-corrected chi connectivity index (χ0v) is 15.2. The summed E-state index contributed by atoms with van der Waals surface area (Å²) >= 11 is 0. The largest absolute Gasteiger partial charge is 0.269 e. The zero-order valence-electron chi connectivity index (χ0n) is 15.2. The Hall–Kier alpha value is -3.79. The molecule has 1 aliphatic carbocycles. The van der Waals surface area contributed by atoms with Crippen LogP contribution in [0, 0.1) is 17.0 Å². The van der Waals surface area contributed by atoms with E-state index in [1.54, 1.807) is 12.1 Å². The molecular weight excluding hydrogens is 348 g/mol. The summed E-state index contributed by atoms with van der Waals surface area (Å²) in [7, 11) is 0. The van der Waals surface area contributed by atoms with Gasteiger partial charge in [-0.1, -0.05) is 42.0 Å². The molecule has 1 heterocycles. The van der Waals surface area contributed by atoms with E-state index in [1.165, 1.54) is 17.7 Å². The summed E-state index contributed by atoms with van der Waals surface area (Å²) in [5, 5.41) is 12.0. The third-order valence-corrected chi connectivity index (χ3v) is 5.15. The number of non-ortho nitro benzene ring substituents is 1. The Morgan fingerprint density at radius 3 is 2.46 bits per heavy atom. The highest BCUT2D eigenvalue weighted by molar-refractivity contribution is 6.07.